The van der Waals surface area contributed by atoms with Gasteiger partial charge in [-0.3, -0.25) is 14.8 Å². The number of aldehydes is 1. The average Bonchev–Trinajstić information content (AvgIpc) is 2.47. The molecule has 3 heteroatoms. The molecule has 0 aliphatic rings. The van der Waals surface area contributed by atoms with E-state index in [9.17, 15) is 4.79 Å². The molecule has 1 aromatic heterocycles. The predicted octanol–water partition coefficient (Wildman–Crippen LogP) is 4.53. The van der Waals surface area contributed by atoms with Gasteiger partial charge in [-0.15, -0.1) is 0 Å². The summed E-state index contributed by atoms with van der Waals surface area (Å²) >= 11 is 0. The highest BCUT2D eigenvalue weighted by molar-refractivity contribution is 5.65. The van der Waals surface area contributed by atoms with E-state index in [0.29, 0.717) is 0 Å². The Balaban J connectivity index is 0.000000382. The summed E-state index contributed by atoms with van der Waals surface area (Å²) in [7, 11) is 0. The molecule has 0 aliphatic heterocycles. The lowest BCUT2D eigenvalue weighted by atomic mass is 10.2. The largest absolute Gasteiger partial charge is 0.299 e. The summed E-state index contributed by atoms with van der Waals surface area (Å²) in [5.41, 5.74) is 3.16. The van der Waals surface area contributed by atoms with Gasteiger partial charge >= 0.3 is 0 Å². The Kier molecular flexibility index (Phi) is 12.1. The van der Waals surface area contributed by atoms with Crippen molar-refractivity contribution in [3.05, 3.63) is 47.6 Å². The second-order valence-corrected chi connectivity index (χ2v) is 4.84. The molecule has 0 amide bonds. The van der Waals surface area contributed by atoms with Crippen LogP contribution in [0.3, 0.4) is 0 Å². The molecule has 0 aliphatic carbocycles. The topological polar surface area (TPSA) is 42.9 Å². The van der Waals surface area contributed by atoms with Crippen molar-refractivity contribution in [3.63, 3.8) is 0 Å². The maximum atomic E-state index is 9.82. The predicted molar refractivity (Wildman–Crippen MR) is 89.4 cm³/mol. The zero-order chi connectivity index (χ0) is 15.9. The SMILES string of the molecule is CCCCCC=CC=CC=O.CCc1ncc(C)nc1C. The first-order chi connectivity index (χ1) is 10.2. The quantitative estimate of drug-likeness (QED) is 0.320. The molecule has 0 aromatic carbocycles. The van der Waals surface area contributed by atoms with Gasteiger partial charge in [0.2, 0.25) is 0 Å². The van der Waals surface area contributed by atoms with Crippen molar-refractivity contribution >= 4 is 6.29 Å². The summed E-state index contributed by atoms with van der Waals surface area (Å²) in [5.74, 6) is 0. The van der Waals surface area contributed by atoms with Crippen molar-refractivity contribution in [2.24, 2.45) is 0 Å². The van der Waals surface area contributed by atoms with E-state index in [1.165, 1.54) is 25.3 Å². The van der Waals surface area contributed by atoms with Crippen molar-refractivity contribution < 1.29 is 4.79 Å². The second kappa shape index (κ2) is 13.2. The molecule has 116 valence electrons. The van der Waals surface area contributed by atoms with Gasteiger partial charge in [-0.2, -0.15) is 0 Å². The number of aryl methyl sites for hydroxylation is 3. The fraction of sp³-hybridized carbons (Fsp3) is 0.500. The number of rotatable bonds is 7. The van der Waals surface area contributed by atoms with Crippen LogP contribution in [0.2, 0.25) is 0 Å². The molecular formula is C18H28N2O. The molecule has 21 heavy (non-hydrogen) atoms. The molecule has 0 atom stereocenters. The van der Waals surface area contributed by atoms with Crippen LogP contribution in [-0.4, -0.2) is 16.3 Å². The highest BCUT2D eigenvalue weighted by atomic mass is 16.1. The van der Waals surface area contributed by atoms with Crippen LogP contribution in [0.5, 0.6) is 0 Å². The Hall–Kier alpha value is -1.77. The number of hydrogen-bond acceptors (Lipinski definition) is 3. The van der Waals surface area contributed by atoms with E-state index in [-0.39, 0.29) is 0 Å². The molecular weight excluding hydrogens is 260 g/mol. The zero-order valence-electron chi connectivity index (χ0n) is 13.8. The van der Waals surface area contributed by atoms with Crippen LogP contribution in [0, 0.1) is 13.8 Å². The van der Waals surface area contributed by atoms with Gasteiger partial charge in [0.05, 0.1) is 17.1 Å². The van der Waals surface area contributed by atoms with Crippen LogP contribution in [0.25, 0.3) is 0 Å². The monoisotopic (exact) mass is 288 g/mol. The first-order valence-corrected chi connectivity index (χ1v) is 7.71. The summed E-state index contributed by atoms with van der Waals surface area (Å²) in [6.07, 6.45) is 15.8. The number of carbonyl (C=O) groups is 1. The van der Waals surface area contributed by atoms with Crippen LogP contribution in [0.1, 0.15) is 56.6 Å². The standard InChI is InChI=1S/C10H16O.C8H12N2/c1-2-3-4-5-6-7-8-9-10-11;1-4-8-7(3)10-6(2)5-9-8/h6-10H,2-5H2,1H3;5H,4H2,1-3H3. The minimum Gasteiger partial charge on any atom is -0.299 e. The summed E-state index contributed by atoms with van der Waals surface area (Å²) in [5, 5.41) is 0. The summed E-state index contributed by atoms with van der Waals surface area (Å²) in [6, 6.07) is 0. The molecule has 0 fully saturated rings. The van der Waals surface area contributed by atoms with Crippen molar-refractivity contribution in [3.8, 4) is 0 Å². The number of carbonyl (C=O) groups excluding carboxylic acids is 1. The lowest BCUT2D eigenvalue weighted by molar-refractivity contribution is -0.104. The first kappa shape index (κ1) is 19.2. The molecule has 1 heterocycles. The van der Waals surface area contributed by atoms with Crippen LogP contribution in [-0.2, 0) is 11.2 Å². The fourth-order valence-corrected chi connectivity index (χ4v) is 1.77. The minimum atomic E-state index is 0.788. The van der Waals surface area contributed by atoms with Gasteiger partial charge in [-0.25, -0.2) is 0 Å². The molecule has 0 unspecified atom stereocenters. The number of nitrogens with zero attached hydrogens (tertiary/aromatic N) is 2. The normalized spacial score (nSPS) is 10.7. The molecule has 1 aromatic rings. The van der Waals surface area contributed by atoms with E-state index in [1.54, 1.807) is 6.08 Å². The Bertz CT molecular complexity index is 451. The van der Waals surface area contributed by atoms with Crippen molar-refractivity contribution in [2.45, 2.75) is 59.8 Å². The van der Waals surface area contributed by atoms with Gasteiger partial charge in [0.1, 0.15) is 6.29 Å². The molecule has 0 saturated carbocycles. The Morgan fingerprint density at radius 1 is 1.10 bits per heavy atom. The number of hydrogen-bond donors (Lipinski definition) is 0. The van der Waals surface area contributed by atoms with Crippen molar-refractivity contribution in [1.29, 1.82) is 0 Å². The van der Waals surface area contributed by atoms with Crippen molar-refractivity contribution in [1.82, 2.24) is 9.97 Å². The third-order valence-corrected chi connectivity index (χ3v) is 2.92. The van der Waals surface area contributed by atoms with Crippen LogP contribution >= 0.6 is 0 Å². The van der Waals surface area contributed by atoms with E-state index < -0.39 is 0 Å². The number of unbranched alkanes of at least 4 members (excludes halogenated alkanes) is 3. The van der Waals surface area contributed by atoms with Gasteiger partial charge < -0.3 is 0 Å². The second-order valence-electron chi connectivity index (χ2n) is 4.84. The maximum Gasteiger partial charge on any atom is 0.142 e. The smallest absolute Gasteiger partial charge is 0.142 e. The van der Waals surface area contributed by atoms with Gasteiger partial charge in [-0.05, 0) is 39.2 Å². The van der Waals surface area contributed by atoms with Gasteiger partial charge in [0, 0.05) is 6.20 Å². The average molecular weight is 288 g/mol. The van der Waals surface area contributed by atoms with E-state index in [4.69, 9.17) is 0 Å². The molecule has 3 nitrogen and oxygen atoms in total. The number of aromatic nitrogens is 2. The highest BCUT2D eigenvalue weighted by Crippen LogP contribution is 2.01. The number of allylic oxidation sites excluding steroid dienone is 4. The molecule has 1 rings (SSSR count). The molecule has 0 N–H and O–H groups in total. The van der Waals surface area contributed by atoms with Crippen LogP contribution < -0.4 is 0 Å². The molecule has 0 radical (unpaired) electrons. The van der Waals surface area contributed by atoms with Gasteiger partial charge in [0.15, 0.2) is 0 Å². The van der Waals surface area contributed by atoms with E-state index >= 15 is 0 Å². The van der Waals surface area contributed by atoms with Crippen LogP contribution in [0.15, 0.2) is 30.5 Å². The van der Waals surface area contributed by atoms with Crippen molar-refractivity contribution in [2.75, 3.05) is 0 Å². The summed E-state index contributed by atoms with van der Waals surface area (Å²) < 4.78 is 0. The maximum absolute atomic E-state index is 9.82. The van der Waals surface area contributed by atoms with E-state index in [2.05, 4.69) is 29.9 Å². The van der Waals surface area contributed by atoms with E-state index in [0.717, 1.165) is 36.2 Å². The zero-order valence-corrected chi connectivity index (χ0v) is 13.8. The molecule has 0 spiro atoms. The fourth-order valence-electron chi connectivity index (χ4n) is 1.77. The lowest BCUT2D eigenvalue weighted by Crippen LogP contribution is -1.96. The van der Waals surface area contributed by atoms with E-state index in [1.807, 2.05) is 26.1 Å². The van der Waals surface area contributed by atoms with Gasteiger partial charge in [0.25, 0.3) is 0 Å². The van der Waals surface area contributed by atoms with Gasteiger partial charge in [-0.1, -0.05) is 44.9 Å². The Morgan fingerprint density at radius 2 is 1.86 bits per heavy atom. The first-order valence-electron chi connectivity index (χ1n) is 7.71. The summed E-state index contributed by atoms with van der Waals surface area (Å²) in [4.78, 5) is 18.3. The molecule has 0 bridgehead atoms. The van der Waals surface area contributed by atoms with Crippen LogP contribution in [0.4, 0.5) is 0 Å². The highest BCUT2D eigenvalue weighted by Gasteiger charge is 1.96. The lowest BCUT2D eigenvalue weighted by Gasteiger charge is -1.99. The molecule has 0 saturated heterocycles. The summed E-state index contributed by atoms with van der Waals surface area (Å²) in [6.45, 7) is 8.24. The Morgan fingerprint density at radius 3 is 2.43 bits per heavy atom. The third kappa shape index (κ3) is 10.7. The minimum absolute atomic E-state index is 0.788. The Labute approximate surface area is 129 Å². The third-order valence-electron chi connectivity index (χ3n) is 2.92.